The van der Waals surface area contributed by atoms with Crippen LogP contribution in [0.2, 0.25) is 5.02 Å². The van der Waals surface area contributed by atoms with E-state index in [1.807, 2.05) is 25.1 Å². The quantitative estimate of drug-likeness (QED) is 0.326. The highest BCUT2D eigenvalue weighted by atomic mass is 35.5. The second-order valence-electron chi connectivity index (χ2n) is 10.5. The van der Waals surface area contributed by atoms with Crippen LogP contribution in [-0.2, 0) is 4.57 Å². The summed E-state index contributed by atoms with van der Waals surface area (Å²) in [5, 5.41) is 7.68. The van der Waals surface area contributed by atoms with Gasteiger partial charge in [0.15, 0.2) is 5.82 Å². The molecule has 0 radical (unpaired) electrons. The number of rotatable bonds is 8. The molecule has 4 rings (SSSR count). The third-order valence-corrected chi connectivity index (χ3v) is 8.84. The van der Waals surface area contributed by atoms with Crippen molar-refractivity contribution < 1.29 is 9.30 Å². The van der Waals surface area contributed by atoms with Gasteiger partial charge in [-0.05, 0) is 77.9 Å². The molecule has 10 heteroatoms. The van der Waals surface area contributed by atoms with Crippen molar-refractivity contribution in [3.8, 4) is 5.75 Å². The molecule has 0 unspecified atom stereocenters. The molecule has 0 amide bonds. The van der Waals surface area contributed by atoms with Crippen molar-refractivity contribution in [3.63, 3.8) is 0 Å². The lowest BCUT2D eigenvalue weighted by molar-refractivity contribution is 0.249. The van der Waals surface area contributed by atoms with Gasteiger partial charge in [0, 0.05) is 36.2 Å². The molecule has 0 aliphatic carbocycles. The van der Waals surface area contributed by atoms with E-state index < -0.39 is 7.14 Å². The number of methoxy groups -OCH3 is 1. The summed E-state index contributed by atoms with van der Waals surface area (Å²) in [6.07, 6.45) is 3.82. The van der Waals surface area contributed by atoms with Gasteiger partial charge in [0.05, 0.1) is 24.7 Å². The first kappa shape index (κ1) is 28.2. The molecule has 1 aliphatic heterocycles. The smallest absolute Gasteiger partial charge is 0.229 e. The summed E-state index contributed by atoms with van der Waals surface area (Å²) in [7, 11) is 3.44. The summed E-state index contributed by atoms with van der Waals surface area (Å²) >= 11 is 6.45. The summed E-state index contributed by atoms with van der Waals surface area (Å²) in [5.74, 6) is 1.52. The molecule has 2 N–H and O–H groups in total. The zero-order chi connectivity index (χ0) is 27.6. The normalized spacial score (nSPS) is 14.6. The fourth-order valence-electron chi connectivity index (χ4n) is 4.86. The molecule has 1 aromatic heterocycles. The van der Waals surface area contributed by atoms with Crippen LogP contribution in [0.1, 0.15) is 24.0 Å². The lowest BCUT2D eigenvalue weighted by Crippen LogP contribution is -2.42. The van der Waals surface area contributed by atoms with Crippen molar-refractivity contribution in [2.45, 2.75) is 32.7 Å². The van der Waals surface area contributed by atoms with E-state index in [-0.39, 0.29) is 0 Å². The first-order valence-corrected chi connectivity index (χ1v) is 15.8. The lowest BCUT2D eigenvalue weighted by atomic mass is 10.0. The molecule has 1 fully saturated rings. The number of nitrogens with zero attached hydrogens (tertiary/aromatic N) is 4. The zero-order valence-electron chi connectivity index (χ0n) is 23.3. The molecule has 0 spiro atoms. The maximum atomic E-state index is 12.9. The third kappa shape index (κ3) is 6.42. The zero-order valence-corrected chi connectivity index (χ0v) is 25.0. The fourth-order valence-corrected chi connectivity index (χ4v) is 6.23. The minimum atomic E-state index is -2.53. The van der Waals surface area contributed by atoms with Crippen LogP contribution in [-0.4, -0.2) is 68.5 Å². The summed E-state index contributed by atoms with van der Waals surface area (Å²) in [6.45, 7) is 9.63. The van der Waals surface area contributed by atoms with Gasteiger partial charge in [0.2, 0.25) is 5.95 Å². The molecule has 2 heterocycles. The number of hydrogen-bond acceptors (Lipinski definition) is 8. The highest BCUT2D eigenvalue weighted by Crippen LogP contribution is 2.40. The number of ether oxygens (including phenoxy) is 1. The first-order chi connectivity index (χ1) is 18.0. The highest BCUT2D eigenvalue weighted by Gasteiger charge is 2.23. The number of nitrogens with one attached hydrogen (secondary N) is 2. The monoisotopic (exact) mass is 556 g/mol. The number of piperidine rings is 1. The predicted octanol–water partition coefficient (Wildman–Crippen LogP) is 6.02. The number of aryl methyl sites for hydroxylation is 2. The number of aromatic nitrogens is 2. The maximum Gasteiger partial charge on any atom is 0.229 e. The number of anilines is 5. The molecular formula is C28H38ClN6O2P. The molecule has 1 saturated heterocycles. The predicted molar refractivity (Wildman–Crippen MR) is 161 cm³/mol. The molecule has 0 atom stereocenters. The number of hydrogen-bond donors (Lipinski definition) is 2. The highest BCUT2D eigenvalue weighted by molar-refractivity contribution is 7.70. The summed E-state index contributed by atoms with van der Waals surface area (Å²) < 4.78 is 18.7. The van der Waals surface area contributed by atoms with Gasteiger partial charge in [-0.15, -0.1) is 0 Å². The summed E-state index contributed by atoms with van der Waals surface area (Å²) in [5.41, 5.74) is 4.85. The average molecular weight is 557 g/mol. The van der Waals surface area contributed by atoms with Crippen molar-refractivity contribution in [3.05, 3.63) is 52.7 Å². The van der Waals surface area contributed by atoms with Crippen molar-refractivity contribution in [2.24, 2.45) is 0 Å². The van der Waals surface area contributed by atoms with Crippen LogP contribution in [0, 0.1) is 13.8 Å². The fraction of sp³-hybridized carbons (Fsp3) is 0.429. The van der Waals surface area contributed by atoms with Crippen LogP contribution in [0.3, 0.4) is 0 Å². The molecule has 2 aromatic carbocycles. The van der Waals surface area contributed by atoms with Gasteiger partial charge in [-0.1, -0.05) is 23.2 Å². The first-order valence-electron chi connectivity index (χ1n) is 12.8. The van der Waals surface area contributed by atoms with Crippen molar-refractivity contribution in [2.75, 3.05) is 63.2 Å². The Labute approximate surface area is 231 Å². The Balaban J connectivity index is 1.58. The third-order valence-electron chi connectivity index (χ3n) is 7.03. The van der Waals surface area contributed by atoms with Crippen LogP contribution in [0.5, 0.6) is 5.75 Å². The van der Waals surface area contributed by atoms with Crippen LogP contribution in [0.25, 0.3) is 0 Å². The van der Waals surface area contributed by atoms with E-state index in [2.05, 4.69) is 63.6 Å². The SMILES string of the molecule is COc1cc(N2CCC(N(C)C)CC2)c(C)cc1Nc1ncc(Cl)c(Nc2ccc(C)cc2P(C)(C)=O)n1. The Hall–Kier alpha value is -2.80. The van der Waals surface area contributed by atoms with Crippen LogP contribution in [0.4, 0.5) is 28.8 Å². The van der Waals surface area contributed by atoms with Gasteiger partial charge in [0.25, 0.3) is 0 Å². The van der Waals surface area contributed by atoms with E-state index in [1.165, 1.54) is 5.69 Å². The lowest BCUT2D eigenvalue weighted by Gasteiger charge is -2.37. The van der Waals surface area contributed by atoms with Crippen LogP contribution in [0.15, 0.2) is 36.5 Å². The molecular weight excluding hydrogens is 519 g/mol. The molecule has 8 nitrogen and oxygen atoms in total. The van der Waals surface area contributed by atoms with E-state index in [0.717, 1.165) is 48.0 Å². The Morgan fingerprint density at radius 1 is 1.08 bits per heavy atom. The van der Waals surface area contributed by atoms with E-state index in [4.69, 9.17) is 16.3 Å². The minimum absolute atomic E-state index is 0.365. The average Bonchev–Trinajstić information content (AvgIpc) is 2.86. The molecule has 3 aromatic rings. The summed E-state index contributed by atoms with van der Waals surface area (Å²) in [4.78, 5) is 13.8. The second kappa shape index (κ2) is 11.5. The van der Waals surface area contributed by atoms with E-state index in [1.54, 1.807) is 26.6 Å². The molecule has 204 valence electrons. The van der Waals surface area contributed by atoms with Crippen LogP contribution < -0.4 is 25.6 Å². The van der Waals surface area contributed by atoms with Gasteiger partial charge in [-0.25, -0.2) is 4.98 Å². The van der Waals surface area contributed by atoms with E-state index in [9.17, 15) is 4.57 Å². The number of halogens is 1. The Kier molecular flexibility index (Phi) is 8.55. The Morgan fingerprint density at radius 2 is 1.79 bits per heavy atom. The number of benzene rings is 2. The second-order valence-corrected chi connectivity index (χ2v) is 14.1. The molecule has 0 bridgehead atoms. The molecule has 38 heavy (non-hydrogen) atoms. The topological polar surface area (TPSA) is 82.6 Å². The Bertz CT molecular complexity index is 1350. The van der Waals surface area contributed by atoms with Crippen molar-refractivity contribution in [1.29, 1.82) is 0 Å². The van der Waals surface area contributed by atoms with Gasteiger partial charge in [-0.3, -0.25) is 0 Å². The van der Waals surface area contributed by atoms with Gasteiger partial charge < -0.3 is 29.7 Å². The van der Waals surface area contributed by atoms with Crippen molar-refractivity contribution in [1.82, 2.24) is 14.9 Å². The van der Waals surface area contributed by atoms with Gasteiger partial charge in [-0.2, -0.15) is 4.98 Å². The van der Waals surface area contributed by atoms with E-state index in [0.29, 0.717) is 34.3 Å². The van der Waals surface area contributed by atoms with Crippen molar-refractivity contribution >= 4 is 52.9 Å². The Morgan fingerprint density at radius 3 is 2.42 bits per heavy atom. The largest absolute Gasteiger partial charge is 0.494 e. The summed E-state index contributed by atoms with van der Waals surface area (Å²) in [6, 6.07) is 10.6. The van der Waals surface area contributed by atoms with Crippen LogP contribution >= 0.6 is 18.7 Å². The molecule has 0 saturated carbocycles. The minimum Gasteiger partial charge on any atom is -0.494 e. The van der Waals surface area contributed by atoms with Gasteiger partial charge in [0.1, 0.15) is 17.9 Å². The van der Waals surface area contributed by atoms with Gasteiger partial charge >= 0.3 is 0 Å². The van der Waals surface area contributed by atoms with E-state index >= 15 is 0 Å². The molecule has 1 aliphatic rings. The maximum absolute atomic E-state index is 12.9. The standard InChI is InChI=1S/C28H38ClN6O2P/c1-18-8-9-22(26(14-18)38(6,7)36)31-27-21(29)17-30-28(33-27)32-23-15-19(2)24(16-25(23)37-5)35-12-10-20(11-13-35)34(3)4/h8-9,14-17,20H,10-13H2,1-7H3,(H2,30,31,32,33).